The summed E-state index contributed by atoms with van der Waals surface area (Å²) in [6, 6.07) is 7.59. The number of methoxy groups -OCH3 is 2. The van der Waals surface area contributed by atoms with E-state index in [4.69, 9.17) is 9.47 Å². The Labute approximate surface area is 100 Å². The van der Waals surface area contributed by atoms with Crippen LogP contribution in [0.3, 0.4) is 0 Å². The summed E-state index contributed by atoms with van der Waals surface area (Å²) in [6.07, 6.45) is 6.57. The zero-order chi connectivity index (χ0) is 12.3. The van der Waals surface area contributed by atoms with E-state index in [9.17, 15) is 4.79 Å². The highest BCUT2D eigenvalue weighted by Gasteiger charge is 2.28. The summed E-state index contributed by atoms with van der Waals surface area (Å²) in [5.41, 5.74) is 0.306. The van der Waals surface area contributed by atoms with Crippen LogP contribution in [0.5, 0.6) is 5.75 Å². The molecule has 0 atom stereocenters. The van der Waals surface area contributed by atoms with Gasteiger partial charge in [-0.2, -0.15) is 0 Å². The normalized spacial score (nSPS) is 17.2. The fourth-order valence-electron chi connectivity index (χ4n) is 1.82. The predicted molar refractivity (Wildman–Crippen MR) is 65.0 cm³/mol. The smallest absolute Gasteiger partial charge is 0.178 e. The Morgan fingerprint density at radius 2 is 1.59 bits per heavy atom. The molecular formula is C14H14O3. The van der Waals surface area contributed by atoms with Crippen LogP contribution in [0, 0.1) is 0 Å². The van der Waals surface area contributed by atoms with Crippen LogP contribution in [-0.4, -0.2) is 20.0 Å². The second-order valence-corrected chi connectivity index (χ2v) is 3.79. The summed E-state index contributed by atoms with van der Waals surface area (Å²) < 4.78 is 10.6. The molecule has 0 bridgehead atoms. The maximum absolute atomic E-state index is 11.1. The lowest BCUT2D eigenvalue weighted by molar-refractivity contribution is -0.110. The van der Waals surface area contributed by atoms with Gasteiger partial charge in [0.1, 0.15) is 11.4 Å². The van der Waals surface area contributed by atoms with Gasteiger partial charge in [0.25, 0.3) is 0 Å². The molecule has 0 saturated carbocycles. The van der Waals surface area contributed by atoms with Gasteiger partial charge in [-0.05, 0) is 42.0 Å². The first-order chi connectivity index (χ1) is 8.20. The minimum absolute atomic E-state index is 0.0220. The van der Waals surface area contributed by atoms with E-state index in [0.29, 0.717) is 0 Å². The van der Waals surface area contributed by atoms with Crippen LogP contribution in [0.15, 0.2) is 48.6 Å². The highest BCUT2D eigenvalue weighted by atomic mass is 16.5. The summed E-state index contributed by atoms with van der Waals surface area (Å²) in [7, 11) is 3.24. The van der Waals surface area contributed by atoms with E-state index in [-0.39, 0.29) is 5.78 Å². The van der Waals surface area contributed by atoms with Crippen LogP contribution in [0.1, 0.15) is 5.56 Å². The quantitative estimate of drug-likeness (QED) is 0.798. The lowest BCUT2D eigenvalue weighted by Crippen LogP contribution is -2.25. The zero-order valence-corrected chi connectivity index (χ0v) is 9.84. The van der Waals surface area contributed by atoms with Gasteiger partial charge in [0.2, 0.25) is 0 Å². The Kier molecular flexibility index (Phi) is 3.11. The standard InChI is InChI=1S/C14H14O3/c1-16-13-5-3-11(4-6-13)14(17-2)9-7-12(15)8-10-14/h3-10H,1-2H3. The first-order valence-electron chi connectivity index (χ1n) is 5.32. The molecule has 88 valence electrons. The summed E-state index contributed by atoms with van der Waals surface area (Å²) in [6.45, 7) is 0. The van der Waals surface area contributed by atoms with Crippen molar-refractivity contribution in [2.45, 2.75) is 5.60 Å². The summed E-state index contributed by atoms with van der Waals surface area (Å²) in [5.74, 6) is 0.769. The number of allylic oxidation sites excluding steroid dienone is 2. The zero-order valence-electron chi connectivity index (χ0n) is 9.84. The highest BCUT2D eigenvalue weighted by molar-refractivity contribution is 6.00. The molecule has 0 amide bonds. The van der Waals surface area contributed by atoms with Crippen molar-refractivity contribution in [2.24, 2.45) is 0 Å². The molecule has 0 aliphatic heterocycles. The number of carbonyl (C=O) groups excluding carboxylic acids is 1. The average molecular weight is 230 g/mol. The third kappa shape index (κ3) is 2.15. The Morgan fingerprint density at radius 1 is 1.00 bits per heavy atom. The van der Waals surface area contributed by atoms with Gasteiger partial charge in [0.05, 0.1) is 7.11 Å². The van der Waals surface area contributed by atoms with Crippen molar-refractivity contribution >= 4 is 5.78 Å². The third-order valence-corrected chi connectivity index (χ3v) is 2.87. The molecule has 3 nitrogen and oxygen atoms in total. The van der Waals surface area contributed by atoms with E-state index in [1.165, 1.54) is 12.2 Å². The third-order valence-electron chi connectivity index (χ3n) is 2.87. The maximum atomic E-state index is 11.1. The van der Waals surface area contributed by atoms with E-state index < -0.39 is 5.60 Å². The van der Waals surface area contributed by atoms with Gasteiger partial charge in [-0.25, -0.2) is 0 Å². The van der Waals surface area contributed by atoms with Gasteiger partial charge < -0.3 is 9.47 Å². The molecule has 0 radical (unpaired) electrons. The number of hydrogen-bond donors (Lipinski definition) is 0. The topological polar surface area (TPSA) is 35.5 Å². The average Bonchev–Trinajstić information content (AvgIpc) is 2.40. The van der Waals surface area contributed by atoms with Crippen LogP contribution in [-0.2, 0) is 15.1 Å². The SMILES string of the molecule is COc1ccc(C2(OC)C=CC(=O)C=C2)cc1. The second-order valence-electron chi connectivity index (χ2n) is 3.79. The molecule has 0 N–H and O–H groups in total. The molecule has 1 aromatic rings. The number of rotatable bonds is 3. The minimum atomic E-state index is -0.653. The van der Waals surface area contributed by atoms with Crippen molar-refractivity contribution in [3.8, 4) is 5.75 Å². The lowest BCUT2D eigenvalue weighted by atomic mass is 9.89. The van der Waals surface area contributed by atoms with Crippen LogP contribution < -0.4 is 4.74 Å². The number of benzene rings is 1. The molecule has 1 aromatic carbocycles. The van der Waals surface area contributed by atoms with E-state index >= 15 is 0 Å². The minimum Gasteiger partial charge on any atom is -0.497 e. The molecule has 2 rings (SSSR count). The number of ether oxygens (including phenoxy) is 2. The molecule has 0 heterocycles. The number of carbonyl (C=O) groups is 1. The van der Waals surface area contributed by atoms with E-state index in [2.05, 4.69) is 0 Å². The van der Waals surface area contributed by atoms with Crippen LogP contribution >= 0.6 is 0 Å². The number of hydrogen-bond acceptors (Lipinski definition) is 3. The highest BCUT2D eigenvalue weighted by Crippen LogP contribution is 2.31. The van der Waals surface area contributed by atoms with Crippen LogP contribution in [0.25, 0.3) is 0 Å². The molecule has 0 spiro atoms. The Morgan fingerprint density at radius 3 is 2.06 bits per heavy atom. The first kappa shape index (κ1) is 11.6. The maximum Gasteiger partial charge on any atom is 0.178 e. The van der Waals surface area contributed by atoms with Crippen molar-refractivity contribution in [2.75, 3.05) is 14.2 Å². The van der Waals surface area contributed by atoms with E-state index in [1.54, 1.807) is 26.4 Å². The Balaban J connectivity index is 2.38. The second kappa shape index (κ2) is 4.55. The van der Waals surface area contributed by atoms with Crippen LogP contribution in [0.4, 0.5) is 0 Å². The molecule has 0 fully saturated rings. The van der Waals surface area contributed by atoms with Crippen molar-refractivity contribution < 1.29 is 14.3 Å². The van der Waals surface area contributed by atoms with Gasteiger partial charge in [0.15, 0.2) is 5.78 Å². The van der Waals surface area contributed by atoms with Crippen molar-refractivity contribution in [1.82, 2.24) is 0 Å². The largest absolute Gasteiger partial charge is 0.497 e. The molecule has 1 aliphatic carbocycles. The van der Waals surface area contributed by atoms with Crippen molar-refractivity contribution in [1.29, 1.82) is 0 Å². The summed E-state index contributed by atoms with van der Waals surface area (Å²) >= 11 is 0. The van der Waals surface area contributed by atoms with Gasteiger partial charge in [-0.3, -0.25) is 4.79 Å². The van der Waals surface area contributed by atoms with E-state index in [1.807, 2.05) is 24.3 Å². The van der Waals surface area contributed by atoms with Gasteiger partial charge >= 0.3 is 0 Å². The Bertz CT molecular complexity index is 453. The van der Waals surface area contributed by atoms with Gasteiger partial charge in [0, 0.05) is 7.11 Å². The van der Waals surface area contributed by atoms with E-state index in [0.717, 1.165) is 11.3 Å². The van der Waals surface area contributed by atoms with Gasteiger partial charge in [-0.15, -0.1) is 0 Å². The number of ketones is 1. The first-order valence-corrected chi connectivity index (χ1v) is 5.32. The fraction of sp³-hybridized carbons (Fsp3) is 0.214. The molecule has 0 aromatic heterocycles. The summed E-state index contributed by atoms with van der Waals surface area (Å²) in [5, 5.41) is 0. The van der Waals surface area contributed by atoms with Gasteiger partial charge in [-0.1, -0.05) is 12.1 Å². The molecule has 17 heavy (non-hydrogen) atoms. The molecular weight excluding hydrogens is 216 g/mol. The lowest BCUT2D eigenvalue weighted by Gasteiger charge is -2.28. The molecule has 0 saturated heterocycles. The van der Waals surface area contributed by atoms with Crippen LogP contribution in [0.2, 0.25) is 0 Å². The predicted octanol–water partition coefficient (Wildman–Crippen LogP) is 2.23. The van der Waals surface area contributed by atoms with Crippen molar-refractivity contribution in [3.63, 3.8) is 0 Å². The molecule has 3 heteroatoms. The Hall–Kier alpha value is -1.87. The molecule has 1 aliphatic rings. The molecule has 0 unspecified atom stereocenters. The summed E-state index contributed by atoms with van der Waals surface area (Å²) in [4.78, 5) is 11.1. The fourth-order valence-corrected chi connectivity index (χ4v) is 1.82. The monoisotopic (exact) mass is 230 g/mol. The van der Waals surface area contributed by atoms with Crippen molar-refractivity contribution in [3.05, 3.63) is 54.1 Å².